The van der Waals surface area contributed by atoms with E-state index in [0.717, 1.165) is 23.4 Å². The zero-order valence-corrected chi connectivity index (χ0v) is 12.2. The minimum Gasteiger partial charge on any atom is -0.497 e. The summed E-state index contributed by atoms with van der Waals surface area (Å²) in [5, 5.41) is 11.8. The highest BCUT2D eigenvalue weighted by Crippen LogP contribution is 2.13. The number of nitrogens with zero attached hydrogens (tertiary/aromatic N) is 3. The van der Waals surface area contributed by atoms with Gasteiger partial charge in [-0.1, -0.05) is 6.92 Å². The average molecular weight is 287 g/mol. The second-order valence-electron chi connectivity index (χ2n) is 4.34. The van der Waals surface area contributed by atoms with Crippen molar-refractivity contribution in [3.63, 3.8) is 0 Å². The van der Waals surface area contributed by atoms with Crippen molar-refractivity contribution in [3.8, 4) is 5.75 Å². The van der Waals surface area contributed by atoms with E-state index in [4.69, 9.17) is 4.74 Å². The van der Waals surface area contributed by atoms with Crippen molar-refractivity contribution in [1.82, 2.24) is 15.2 Å². The third-order valence-corrected chi connectivity index (χ3v) is 2.92. The average Bonchev–Trinajstić information content (AvgIpc) is 2.52. The van der Waals surface area contributed by atoms with Gasteiger partial charge in [-0.3, -0.25) is 9.78 Å². The number of benzene rings is 1. The summed E-state index contributed by atoms with van der Waals surface area (Å²) in [5.41, 5.74) is 4.55. The number of nitrogens with one attached hydrogen (secondary N) is 2. The van der Waals surface area contributed by atoms with E-state index in [-0.39, 0.29) is 11.5 Å². The van der Waals surface area contributed by atoms with E-state index < -0.39 is 0 Å². The lowest BCUT2D eigenvalue weighted by molar-refractivity contribution is 0.415. The molecule has 0 bridgehead atoms. The molecule has 0 radical (unpaired) electrons. The lowest BCUT2D eigenvalue weighted by Gasteiger charge is -2.06. The molecule has 0 aliphatic carbocycles. The molecule has 0 unspecified atom stereocenters. The molecule has 0 amide bonds. The summed E-state index contributed by atoms with van der Waals surface area (Å²) < 4.78 is 5.12. The van der Waals surface area contributed by atoms with Gasteiger partial charge in [0.1, 0.15) is 11.4 Å². The molecule has 1 heterocycles. The number of hydrazone groups is 1. The van der Waals surface area contributed by atoms with Crippen LogP contribution in [-0.2, 0) is 0 Å². The quantitative estimate of drug-likeness (QED) is 0.645. The van der Waals surface area contributed by atoms with Crippen LogP contribution in [0.3, 0.4) is 0 Å². The Labute approximate surface area is 122 Å². The van der Waals surface area contributed by atoms with Gasteiger partial charge >= 0.3 is 0 Å². The lowest BCUT2D eigenvalue weighted by atomic mass is 10.1. The normalized spacial score (nSPS) is 11.3. The van der Waals surface area contributed by atoms with E-state index in [0.29, 0.717) is 5.69 Å². The van der Waals surface area contributed by atoms with Crippen molar-refractivity contribution < 1.29 is 4.74 Å². The summed E-state index contributed by atoms with van der Waals surface area (Å²) in [7, 11) is 1.62. The molecule has 0 aliphatic heterocycles. The fraction of sp³-hybridized carbons (Fsp3) is 0.286. The maximum absolute atomic E-state index is 11.4. The number of methoxy groups -OCH3 is 1. The highest BCUT2D eigenvalue weighted by molar-refractivity contribution is 6.00. The van der Waals surface area contributed by atoms with E-state index in [1.165, 1.54) is 0 Å². The standard InChI is InChI=1S/C14H17N5O2/c1-4-12(10-5-7-11(21-3)8-6-10)17-19-14-15-13(20)9(2)16-18-14/h5-8H,4H2,1-3H3,(H2,15,18,19,20)/b17-12-. The molecule has 7 heteroatoms. The third kappa shape index (κ3) is 3.65. The molecule has 1 aromatic carbocycles. The molecule has 1 aromatic heterocycles. The van der Waals surface area contributed by atoms with Crippen molar-refractivity contribution in [2.45, 2.75) is 20.3 Å². The number of aromatic amines is 1. The van der Waals surface area contributed by atoms with Gasteiger partial charge < -0.3 is 4.74 Å². The van der Waals surface area contributed by atoms with E-state index in [9.17, 15) is 4.79 Å². The number of hydrogen-bond acceptors (Lipinski definition) is 6. The van der Waals surface area contributed by atoms with Gasteiger partial charge in [0.05, 0.1) is 12.8 Å². The molecule has 0 fully saturated rings. The van der Waals surface area contributed by atoms with Crippen molar-refractivity contribution in [3.05, 3.63) is 45.9 Å². The van der Waals surface area contributed by atoms with Crippen molar-refractivity contribution in [2.24, 2.45) is 5.10 Å². The molecule has 7 nitrogen and oxygen atoms in total. The zero-order chi connectivity index (χ0) is 15.2. The molecular formula is C14H17N5O2. The number of anilines is 1. The molecule has 110 valence electrons. The zero-order valence-electron chi connectivity index (χ0n) is 12.2. The van der Waals surface area contributed by atoms with Gasteiger partial charge in [0.25, 0.3) is 5.56 Å². The minimum absolute atomic E-state index is 0.213. The van der Waals surface area contributed by atoms with E-state index in [1.807, 2.05) is 31.2 Å². The molecule has 0 aliphatic rings. The molecule has 2 rings (SSSR count). The third-order valence-electron chi connectivity index (χ3n) is 2.92. The van der Waals surface area contributed by atoms with Gasteiger partial charge in [0.15, 0.2) is 0 Å². The minimum atomic E-state index is -0.287. The van der Waals surface area contributed by atoms with Gasteiger partial charge in [0.2, 0.25) is 5.95 Å². The Morgan fingerprint density at radius 3 is 2.62 bits per heavy atom. The Morgan fingerprint density at radius 1 is 1.33 bits per heavy atom. The van der Waals surface area contributed by atoms with E-state index >= 15 is 0 Å². The van der Waals surface area contributed by atoms with Gasteiger partial charge in [0, 0.05) is 0 Å². The number of hydrogen-bond donors (Lipinski definition) is 2. The molecule has 0 spiro atoms. The first kappa shape index (κ1) is 14.7. The molecule has 21 heavy (non-hydrogen) atoms. The number of ether oxygens (including phenoxy) is 1. The predicted molar refractivity (Wildman–Crippen MR) is 80.8 cm³/mol. The second-order valence-corrected chi connectivity index (χ2v) is 4.34. The highest BCUT2D eigenvalue weighted by Gasteiger charge is 2.03. The highest BCUT2D eigenvalue weighted by atomic mass is 16.5. The summed E-state index contributed by atoms with van der Waals surface area (Å²) in [6.07, 6.45) is 0.725. The van der Waals surface area contributed by atoms with Crippen LogP contribution in [0.1, 0.15) is 24.6 Å². The molecular weight excluding hydrogens is 270 g/mol. The van der Waals surface area contributed by atoms with Crippen LogP contribution >= 0.6 is 0 Å². The molecule has 0 atom stereocenters. The maximum atomic E-state index is 11.4. The van der Waals surface area contributed by atoms with E-state index in [1.54, 1.807) is 14.0 Å². The molecule has 2 N–H and O–H groups in total. The van der Waals surface area contributed by atoms with Gasteiger partial charge in [-0.25, -0.2) is 5.43 Å². The predicted octanol–water partition coefficient (Wildman–Crippen LogP) is 1.71. The monoisotopic (exact) mass is 287 g/mol. The fourth-order valence-corrected chi connectivity index (χ4v) is 1.70. The van der Waals surface area contributed by atoms with Crippen molar-refractivity contribution in [2.75, 3.05) is 12.5 Å². The summed E-state index contributed by atoms with van der Waals surface area (Å²) in [6.45, 7) is 3.59. The van der Waals surface area contributed by atoms with Crippen LogP contribution in [-0.4, -0.2) is 28.0 Å². The smallest absolute Gasteiger partial charge is 0.274 e. The Balaban J connectivity index is 2.19. The van der Waals surface area contributed by atoms with Gasteiger partial charge in [-0.05, 0) is 43.2 Å². The molecule has 2 aromatic rings. The van der Waals surface area contributed by atoms with Gasteiger partial charge in [-0.15, -0.1) is 10.2 Å². The summed E-state index contributed by atoms with van der Waals surface area (Å²) in [6, 6.07) is 7.58. The number of H-pyrrole nitrogens is 1. The second kappa shape index (κ2) is 6.65. The Kier molecular flexibility index (Phi) is 4.65. The molecule has 0 saturated heterocycles. The number of aromatic nitrogens is 3. The fourth-order valence-electron chi connectivity index (χ4n) is 1.70. The number of aryl methyl sites for hydroxylation is 1. The SMILES string of the molecule is CC/C(=N/Nc1nnc(C)c(=O)[nH]1)c1ccc(OC)cc1. The Hall–Kier alpha value is -2.70. The van der Waals surface area contributed by atoms with E-state index in [2.05, 4.69) is 25.7 Å². The Morgan fingerprint density at radius 2 is 2.05 bits per heavy atom. The lowest BCUT2D eigenvalue weighted by Crippen LogP contribution is -2.16. The van der Waals surface area contributed by atoms with Crippen LogP contribution in [0.4, 0.5) is 5.95 Å². The maximum Gasteiger partial charge on any atom is 0.274 e. The van der Waals surface area contributed by atoms with Crippen LogP contribution in [0.2, 0.25) is 0 Å². The first-order valence-corrected chi connectivity index (χ1v) is 6.54. The van der Waals surface area contributed by atoms with Crippen LogP contribution < -0.4 is 15.7 Å². The van der Waals surface area contributed by atoms with Crippen LogP contribution in [0, 0.1) is 6.92 Å². The van der Waals surface area contributed by atoms with Crippen molar-refractivity contribution >= 4 is 11.7 Å². The summed E-state index contributed by atoms with van der Waals surface area (Å²) >= 11 is 0. The Bertz CT molecular complexity index is 691. The number of rotatable bonds is 5. The van der Waals surface area contributed by atoms with Crippen LogP contribution in [0.5, 0.6) is 5.75 Å². The van der Waals surface area contributed by atoms with Crippen molar-refractivity contribution in [1.29, 1.82) is 0 Å². The first-order valence-electron chi connectivity index (χ1n) is 6.54. The largest absolute Gasteiger partial charge is 0.497 e. The van der Waals surface area contributed by atoms with Crippen LogP contribution in [0.25, 0.3) is 0 Å². The summed E-state index contributed by atoms with van der Waals surface area (Å²) in [4.78, 5) is 14.0. The first-order chi connectivity index (χ1) is 10.1. The molecule has 0 saturated carbocycles. The van der Waals surface area contributed by atoms with Crippen LogP contribution in [0.15, 0.2) is 34.2 Å². The van der Waals surface area contributed by atoms with Gasteiger partial charge in [-0.2, -0.15) is 5.10 Å². The summed E-state index contributed by atoms with van der Waals surface area (Å²) in [5.74, 6) is 1.00. The topological polar surface area (TPSA) is 92.3 Å².